The first-order valence-corrected chi connectivity index (χ1v) is 10.7. The second-order valence-corrected chi connectivity index (χ2v) is 7.73. The number of rotatable bonds is 8. The van der Waals surface area contributed by atoms with Gasteiger partial charge in [-0.1, -0.05) is 6.92 Å². The fourth-order valence-electron chi connectivity index (χ4n) is 3.44. The number of ketones is 1. The van der Waals surface area contributed by atoms with Crippen LogP contribution in [0.15, 0.2) is 30.9 Å². The molecule has 3 aromatic heterocycles. The normalized spacial score (nSPS) is 13.2. The monoisotopic (exact) mass is 450 g/mol. The summed E-state index contributed by atoms with van der Waals surface area (Å²) in [5.74, 6) is 1.49. The second kappa shape index (κ2) is 9.63. The molecule has 33 heavy (non-hydrogen) atoms. The Morgan fingerprint density at radius 3 is 2.70 bits per heavy atom. The van der Waals surface area contributed by atoms with E-state index in [4.69, 9.17) is 4.74 Å². The summed E-state index contributed by atoms with van der Waals surface area (Å²) in [6, 6.07) is 3.23. The summed E-state index contributed by atoms with van der Waals surface area (Å²) < 4.78 is 7.19. The average Bonchev–Trinajstić information content (AvgIpc) is 3.22. The van der Waals surface area contributed by atoms with Crippen molar-refractivity contribution in [3.8, 4) is 17.1 Å². The van der Waals surface area contributed by atoms with Crippen molar-refractivity contribution in [2.24, 2.45) is 7.05 Å². The van der Waals surface area contributed by atoms with Crippen molar-refractivity contribution in [1.29, 1.82) is 0 Å². The summed E-state index contributed by atoms with van der Waals surface area (Å²) in [6.45, 7) is 1.77. The van der Waals surface area contributed by atoms with Gasteiger partial charge in [-0.05, 0) is 25.3 Å². The number of nitrogens with zero attached hydrogens (tertiary/aromatic N) is 5. The van der Waals surface area contributed by atoms with E-state index in [0.29, 0.717) is 46.4 Å². The highest BCUT2D eigenvalue weighted by Gasteiger charge is 2.21. The number of pyridine rings is 2. The molecule has 0 saturated heterocycles. The summed E-state index contributed by atoms with van der Waals surface area (Å²) >= 11 is 0. The maximum Gasteiger partial charge on any atom is 0.320 e. The fraction of sp³-hybridized carbons (Fsp3) is 0.364. The van der Waals surface area contributed by atoms with Gasteiger partial charge in [-0.25, -0.2) is 19.7 Å². The molecule has 1 aliphatic carbocycles. The highest BCUT2D eigenvalue weighted by molar-refractivity contribution is 6.02. The number of aryl methyl sites for hydroxylation is 1. The third-order valence-electron chi connectivity index (χ3n) is 5.41. The van der Waals surface area contributed by atoms with Crippen LogP contribution in [0.3, 0.4) is 0 Å². The zero-order valence-electron chi connectivity index (χ0n) is 18.8. The first-order valence-electron chi connectivity index (χ1n) is 10.7. The van der Waals surface area contributed by atoms with Crippen LogP contribution in [0.25, 0.3) is 11.4 Å². The number of ether oxygens (including phenoxy) is 1. The number of anilines is 3. The second-order valence-electron chi connectivity index (χ2n) is 7.73. The number of amides is 2. The van der Waals surface area contributed by atoms with E-state index < -0.39 is 0 Å². The Morgan fingerprint density at radius 2 is 2.06 bits per heavy atom. The van der Waals surface area contributed by atoms with Gasteiger partial charge >= 0.3 is 6.03 Å². The van der Waals surface area contributed by atoms with E-state index in [1.807, 2.05) is 0 Å². The van der Waals surface area contributed by atoms with Gasteiger partial charge in [0.15, 0.2) is 23.2 Å². The quantitative estimate of drug-likeness (QED) is 0.445. The zero-order valence-corrected chi connectivity index (χ0v) is 18.8. The Labute approximate surface area is 191 Å². The van der Waals surface area contributed by atoms with E-state index in [-0.39, 0.29) is 17.9 Å². The van der Waals surface area contributed by atoms with Crippen LogP contribution in [0.5, 0.6) is 5.75 Å². The maximum absolute atomic E-state index is 12.5. The van der Waals surface area contributed by atoms with E-state index in [9.17, 15) is 9.59 Å². The molecule has 0 aliphatic heterocycles. The van der Waals surface area contributed by atoms with E-state index >= 15 is 0 Å². The number of hydrogen-bond acceptors (Lipinski definition) is 8. The first kappa shape index (κ1) is 22.2. The van der Waals surface area contributed by atoms with E-state index in [2.05, 4.69) is 36.0 Å². The average molecular weight is 451 g/mol. The molecule has 0 spiro atoms. The predicted molar refractivity (Wildman–Crippen MR) is 123 cm³/mol. The number of urea groups is 1. The fourth-order valence-corrected chi connectivity index (χ4v) is 3.44. The largest absolute Gasteiger partial charge is 0.492 e. The van der Waals surface area contributed by atoms with Crippen molar-refractivity contribution in [2.45, 2.75) is 38.6 Å². The highest BCUT2D eigenvalue weighted by Crippen LogP contribution is 2.35. The van der Waals surface area contributed by atoms with Crippen LogP contribution < -0.4 is 20.7 Å². The van der Waals surface area contributed by atoms with Crippen LogP contribution in [0, 0.1) is 0 Å². The molecule has 0 unspecified atom stereocenters. The van der Waals surface area contributed by atoms with Gasteiger partial charge in [0.1, 0.15) is 12.1 Å². The van der Waals surface area contributed by atoms with Crippen LogP contribution >= 0.6 is 0 Å². The molecule has 3 aromatic rings. The van der Waals surface area contributed by atoms with Gasteiger partial charge in [0.2, 0.25) is 0 Å². The molecule has 1 fully saturated rings. The van der Waals surface area contributed by atoms with Gasteiger partial charge in [0.25, 0.3) is 0 Å². The van der Waals surface area contributed by atoms with Crippen LogP contribution in [-0.4, -0.2) is 49.7 Å². The lowest BCUT2D eigenvalue weighted by Crippen LogP contribution is -2.42. The minimum Gasteiger partial charge on any atom is -0.492 e. The van der Waals surface area contributed by atoms with Crippen LogP contribution in [0.4, 0.5) is 22.1 Å². The lowest BCUT2D eigenvalue weighted by atomic mass is 9.93. The van der Waals surface area contributed by atoms with Crippen molar-refractivity contribution < 1.29 is 14.3 Å². The minimum atomic E-state index is -0.327. The Bertz CT molecular complexity index is 1170. The Balaban J connectivity index is 1.65. The number of carbonyl (C=O) groups is 2. The predicted octanol–water partition coefficient (Wildman–Crippen LogP) is 3.29. The van der Waals surface area contributed by atoms with Gasteiger partial charge in [0, 0.05) is 38.0 Å². The number of hydrogen-bond donors (Lipinski definition) is 3. The van der Waals surface area contributed by atoms with Crippen molar-refractivity contribution in [2.75, 3.05) is 17.7 Å². The molecule has 1 saturated carbocycles. The molecule has 11 heteroatoms. The van der Waals surface area contributed by atoms with Crippen molar-refractivity contribution in [1.82, 2.24) is 30.0 Å². The molecule has 172 valence electrons. The number of carbonyl (C=O) groups excluding carboxylic acids is 2. The number of methoxy groups -OCH3 is 1. The molecule has 0 atom stereocenters. The number of aromatic nitrogens is 5. The van der Waals surface area contributed by atoms with Crippen molar-refractivity contribution in [3.63, 3.8) is 0 Å². The van der Waals surface area contributed by atoms with Crippen molar-refractivity contribution in [3.05, 3.63) is 36.4 Å². The SMILES string of the molecule is CCC(=O)c1cnc(NC(=O)NC2CCC2)cc1Nc1nccc(-c2ncn(C)n2)c1OC. The molecule has 0 aromatic carbocycles. The zero-order chi connectivity index (χ0) is 23.4. The van der Waals surface area contributed by atoms with Gasteiger partial charge in [-0.15, -0.1) is 0 Å². The van der Waals surface area contributed by atoms with Gasteiger partial charge < -0.3 is 15.4 Å². The van der Waals surface area contributed by atoms with Crippen LogP contribution in [0.2, 0.25) is 0 Å². The topological polar surface area (TPSA) is 136 Å². The molecule has 0 radical (unpaired) electrons. The van der Waals surface area contributed by atoms with Gasteiger partial charge in [-0.3, -0.25) is 14.8 Å². The summed E-state index contributed by atoms with van der Waals surface area (Å²) in [6.07, 6.45) is 8.01. The molecule has 3 N–H and O–H groups in total. The van der Waals surface area contributed by atoms with Crippen molar-refractivity contribution >= 4 is 29.1 Å². The van der Waals surface area contributed by atoms with E-state index in [1.165, 1.54) is 13.3 Å². The Morgan fingerprint density at radius 1 is 1.24 bits per heavy atom. The van der Waals surface area contributed by atoms with Gasteiger partial charge in [0.05, 0.1) is 23.9 Å². The first-order chi connectivity index (χ1) is 16.0. The smallest absolute Gasteiger partial charge is 0.320 e. The third-order valence-corrected chi connectivity index (χ3v) is 5.41. The van der Waals surface area contributed by atoms with Crippen LogP contribution in [-0.2, 0) is 7.05 Å². The van der Waals surface area contributed by atoms with Gasteiger partial charge in [-0.2, -0.15) is 5.10 Å². The molecular formula is C22H26N8O3. The summed E-state index contributed by atoms with van der Waals surface area (Å²) in [4.78, 5) is 37.7. The van der Waals surface area contributed by atoms with Crippen LogP contribution in [0.1, 0.15) is 43.0 Å². The molecular weight excluding hydrogens is 424 g/mol. The van der Waals surface area contributed by atoms with E-state index in [1.54, 1.807) is 43.3 Å². The summed E-state index contributed by atoms with van der Waals surface area (Å²) in [7, 11) is 3.30. The molecule has 0 bridgehead atoms. The molecule has 3 heterocycles. The molecule has 2 amide bonds. The highest BCUT2D eigenvalue weighted by atomic mass is 16.5. The molecule has 4 rings (SSSR count). The lowest BCUT2D eigenvalue weighted by molar-refractivity contribution is 0.0988. The third kappa shape index (κ3) is 4.92. The standard InChI is InChI=1S/C22H26N8O3/c1-4-17(31)15-11-24-18(28-22(32)26-13-6-5-7-13)10-16(15)27-21-19(33-3)14(8-9-23-21)20-25-12-30(2)29-20/h8-13H,4-7H2,1-3H3,(H3,23,24,26,27,28,32). The maximum atomic E-state index is 12.5. The molecule has 11 nitrogen and oxygen atoms in total. The molecule has 1 aliphatic rings. The Hall–Kier alpha value is -4.02. The number of Topliss-reactive ketones (excluding diaryl/α,β-unsaturated/α-hetero) is 1. The lowest BCUT2D eigenvalue weighted by Gasteiger charge is -2.26. The Kier molecular flexibility index (Phi) is 6.48. The summed E-state index contributed by atoms with van der Waals surface area (Å²) in [5, 5.41) is 13.1. The van der Waals surface area contributed by atoms with E-state index in [0.717, 1.165) is 19.3 Å². The summed E-state index contributed by atoms with van der Waals surface area (Å²) in [5.41, 5.74) is 1.48. The number of nitrogens with one attached hydrogen (secondary N) is 3. The minimum absolute atomic E-state index is 0.100.